The van der Waals surface area contributed by atoms with Crippen molar-refractivity contribution in [2.75, 3.05) is 0 Å². The second kappa shape index (κ2) is 15.4. The summed E-state index contributed by atoms with van der Waals surface area (Å²) in [5.41, 5.74) is 14.4. The number of para-hydroxylation sites is 1. The lowest BCUT2D eigenvalue weighted by Crippen LogP contribution is -2.00. The fourth-order valence-corrected chi connectivity index (χ4v) is 7.88. The first-order chi connectivity index (χ1) is 30.2. The molecule has 0 bridgehead atoms. The zero-order valence-electron chi connectivity index (χ0n) is 32.9. The van der Waals surface area contributed by atoms with Gasteiger partial charge in [-0.15, -0.1) is 0 Å². The van der Waals surface area contributed by atoms with Crippen LogP contribution in [-0.4, -0.2) is 24.9 Å². The van der Waals surface area contributed by atoms with Gasteiger partial charge in [-0.1, -0.05) is 176 Å². The van der Waals surface area contributed by atoms with Gasteiger partial charge in [0.1, 0.15) is 16.8 Å². The van der Waals surface area contributed by atoms with Crippen LogP contribution in [0.4, 0.5) is 0 Å². The maximum Gasteiger partial charge on any atom is 0.180 e. The molecule has 0 saturated carbocycles. The third kappa shape index (κ3) is 7.02. The summed E-state index contributed by atoms with van der Waals surface area (Å²) < 4.78 is 6.35. The summed E-state index contributed by atoms with van der Waals surface area (Å²) in [4.78, 5) is 25.0. The molecule has 61 heavy (non-hydrogen) atoms. The molecule has 0 radical (unpaired) electrons. The highest BCUT2D eigenvalue weighted by Crippen LogP contribution is 2.37. The van der Waals surface area contributed by atoms with Crippen LogP contribution in [0.15, 0.2) is 217 Å². The lowest BCUT2D eigenvalue weighted by atomic mass is 9.95. The molecule has 3 aromatic heterocycles. The van der Waals surface area contributed by atoms with E-state index in [0.29, 0.717) is 28.9 Å². The number of aromatic nitrogens is 5. The van der Waals surface area contributed by atoms with Crippen LogP contribution in [0.1, 0.15) is 0 Å². The van der Waals surface area contributed by atoms with E-state index in [1.54, 1.807) is 0 Å². The molecule has 0 fully saturated rings. The van der Waals surface area contributed by atoms with Crippen molar-refractivity contribution < 1.29 is 4.42 Å². The molecule has 0 atom stereocenters. The second-order valence-electron chi connectivity index (χ2n) is 14.9. The van der Waals surface area contributed by atoms with Crippen LogP contribution in [0.25, 0.3) is 112 Å². The van der Waals surface area contributed by atoms with Gasteiger partial charge in [0.2, 0.25) is 0 Å². The monoisotopic (exact) mass is 781 g/mol. The largest absolute Gasteiger partial charge is 0.452 e. The topological polar surface area (TPSA) is 77.6 Å². The predicted octanol–water partition coefficient (Wildman–Crippen LogP) is 13.9. The number of benzene rings is 8. The minimum absolute atomic E-state index is 0.625. The van der Waals surface area contributed by atoms with Gasteiger partial charge in [0.25, 0.3) is 0 Å². The molecule has 0 aliphatic rings. The summed E-state index contributed by atoms with van der Waals surface area (Å²) in [7, 11) is 0. The SMILES string of the molecule is c1ccc(-c2nc(-c3ccccc3)nc(-c3cccc(-c4cccc(-c5cccc(-c6cccc(-c7nc(-c8ccccc8)c8oc9ccccc9c8n7)c6)c5)c4)c3)n2)cc1. The highest BCUT2D eigenvalue weighted by Gasteiger charge is 2.19. The number of hydrogen-bond donors (Lipinski definition) is 0. The smallest absolute Gasteiger partial charge is 0.180 e. The predicted molar refractivity (Wildman–Crippen MR) is 246 cm³/mol. The Kier molecular flexibility index (Phi) is 9.06. The summed E-state index contributed by atoms with van der Waals surface area (Å²) >= 11 is 0. The van der Waals surface area contributed by atoms with Gasteiger partial charge < -0.3 is 4.42 Å². The first kappa shape index (κ1) is 35.8. The Bertz CT molecular complexity index is 3310. The molecule has 0 N–H and O–H groups in total. The van der Waals surface area contributed by atoms with Gasteiger partial charge in [-0.25, -0.2) is 24.9 Å². The normalized spacial score (nSPS) is 11.3. The molecule has 0 aliphatic carbocycles. The molecule has 0 saturated heterocycles. The van der Waals surface area contributed by atoms with Crippen molar-refractivity contribution in [3.05, 3.63) is 212 Å². The van der Waals surface area contributed by atoms with Crippen molar-refractivity contribution >= 4 is 22.1 Å². The van der Waals surface area contributed by atoms with Gasteiger partial charge in [0.05, 0.1) is 0 Å². The molecular weight excluding hydrogens is 747 g/mol. The van der Waals surface area contributed by atoms with Gasteiger partial charge in [-0.2, -0.15) is 0 Å². The van der Waals surface area contributed by atoms with E-state index < -0.39 is 0 Å². The minimum atomic E-state index is 0.625. The summed E-state index contributed by atoms with van der Waals surface area (Å²) in [6, 6.07) is 72.6. The molecule has 6 nitrogen and oxygen atoms in total. The van der Waals surface area contributed by atoms with Crippen LogP contribution in [0.5, 0.6) is 0 Å². The van der Waals surface area contributed by atoms with E-state index >= 15 is 0 Å². The number of fused-ring (bicyclic) bond motifs is 3. The quantitative estimate of drug-likeness (QED) is 0.153. The fourth-order valence-electron chi connectivity index (χ4n) is 7.88. The Labute approximate surface area is 352 Å². The van der Waals surface area contributed by atoms with Crippen LogP contribution in [0, 0.1) is 0 Å². The Balaban J connectivity index is 0.933. The van der Waals surface area contributed by atoms with E-state index in [-0.39, 0.29) is 0 Å². The second-order valence-corrected chi connectivity index (χ2v) is 14.9. The maximum absolute atomic E-state index is 6.35. The Morgan fingerprint density at radius 1 is 0.262 bits per heavy atom. The van der Waals surface area contributed by atoms with E-state index in [1.165, 1.54) is 0 Å². The molecule has 6 heteroatoms. The minimum Gasteiger partial charge on any atom is -0.452 e. The van der Waals surface area contributed by atoms with Crippen LogP contribution >= 0.6 is 0 Å². The molecule has 0 unspecified atom stereocenters. The average molecular weight is 782 g/mol. The molecule has 8 aromatic carbocycles. The van der Waals surface area contributed by atoms with E-state index in [2.05, 4.69) is 115 Å². The molecule has 286 valence electrons. The Morgan fingerprint density at radius 2 is 0.607 bits per heavy atom. The third-order valence-electron chi connectivity index (χ3n) is 10.9. The molecule has 11 rings (SSSR count). The van der Waals surface area contributed by atoms with E-state index in [4.69, 9.17) is 29.3 Å². The highest BCUT2D eigenvalue weighted by atomic mass is 16.3. The number of furan rings is 1. The lowest BCUT2D eigenvalue weighted by molar-refractivity contribution is 0.667. The van der Waals surface area contributed by atoms with Crippen LogP contribution in [0.2, 0.25) is 0 Å². The highest BCUT2D eigenvalue weighted by molar-refractivity contribution is 6.07. The van der Waals surface area contributed by atoms with E-state index in [0.717, 1.165) is 83.4 Å². The lowest BCUT2D eigenvalue weighted by Gasteiger charge is -2.11. The zero-order chi connectivity index (χ0) is 40.5. The first-order valence-electron chi connectivity index (χ1n) is 20.2. The van der Waals surface area contributed by atoms with Crippen LogP contribution < -0.4 is 0 Å². The Hall–Kier alpha value is -8.35. The van der Waals surface area contributed by atoms with Crippen molar-refractivity contribution in [2.24, 2.45) is 0 Å². The molecule has 0 aliphatic heterocycles. The van der Waals surface area contributed by atoms with Gasteiger partial charge in [-0.05, 0) is 69.8 Å². The van der Waals surface area contributed by atoms with Gasteiger partial charge in [0.15, 0.2) is 28.9 Å². The summed E-state index contributed by atoms with van der Waals surface area (Å²) in [6.07, 6.45) is 0. The summed E-state index contributed by atoms with van der Waals surface area (Å²) in [5.74, 6) is 2.55. The number of hydrogen-bond acceptors (Lipinski definition) is 6. The van der Waals surface area contributed by atoms with Crippen molar-refractivity contribution in [1.29, 1.82) is 0 Å². The van der Waals surface area contributed by atoms with Crippen molar-refractivity contribution in [1.82, 2.24) is 24.9 Å². The molecule has 3 heterocycles. The average Bonchev–Trinajstić information content (AvgIpc) is 3.73. The third-order valence-corrected chi connectivity index (χ3v) is 10.9. The van der Waals surface area contributed by atoms with Crippen LogP contribution in [-0.2, 0) is 0 Å². The van der Waals surface area contributed by atoms with E-state index in [1.807, 2.05) is 97.1 Å². The molecule has 11 aromatic rings. The van der Waals surface area contributed by atoms with Gasteiger partial charge in [-0.3, -0.25) is 0 Å². The van der Waals surface area contributed by atoms with Crippen LogP contribution in [0.3, 0.4) is 0 Å². The molecule has 0 amide bonds. The van der Waals surface area contributed by atoms with Crippen molar-refractivity contribution in [3.8, 4) is 90.2 Å². The van der Waals surface area contributed by atoms with Crippen molar-refractivity contribution in [3.63, 3.8) is 0 Å². The van der Waals surface area contributed by atoms with Gasteiger partial charge >= 0.3 is 0 Å². The van der Waals surface area contributed by atoms with E-state index in [9.17, 15) is 0 Å². The number of nitrogens with zero attached hydrogens (tertiary/aromatic N) is 5. The standard InChI is InChI=1S/C55H35N5O/c1-4-16-36(17-5-1)49-51-50(47-30-10-11-31-48(47)61-51)57-54(56-49)45-28-14-26-43(34-45)41-24-12-22-39(32-41)40-23-13-25-42(33-40)44-27-15-29-46(35-44)55-59-52(37-18-6-2-7-19-37)58-53(60-55)38-20-8-3-9-21-38/h1-35H. The summed E-state index contributed by atoms with van der Waals surface area (Å²) in [5, 5.41) is 0.969. The fraction of sp³-hybridized carbons (Fsp3) is 0. The number of rotatable bonds is 8. The first-order valence-corrected chi connectivity index (χ1v) is 20.2. The van der Waals surface area contributed by atoms with Gasteiger partial charge in [0, 0.05) is 33.2 Å². The van der Waals surface area contributed by atoms with Crippen molar-refractivity contribution in [2.45, 2.75) is 0 Å². The zero-order valence-corrected chi connectivity index (χ0v) is 32.9. The molecular formula is C55H35N5O. The summed E-state index contributed by atoms with van der Waals surface area (Å²) in [6.45, 7) is 0. The maximum atomic E-state index is 6.35. The molecule has 0 spiro atoms. The Morgan fingerprint density at radius 3 is 1.08 bits per heavy atom.